The van der Waals surface area contributed by atoms with E-state index in [1.165, 1.54) is 0 Å². The number of nitrogens with one attached hydrogen (secondary N) is 2. The molecule has 0 atom stereocenters. The number of alkyl halides is 3. The zero-order chi connectivity index (χ0) is 12.8. The minimum Gasteiger partial charge on any atom is -0.361 e. The second-order valence-electron chi connectivity index (χ2n) is 4.79. The van der Waals surface area contributed by atoms with Gasteiger partial charge in [-0.3, -0.25) is 5.32 Å². The summed E-state index contributed by atoms with van der Waals surface area (Å²) in [6, 6.07) is 7.51. The Morgan fingerprint density at radius 2 is 2.00 bits per heavy atom. The Bertz CT molecular complexity index is 567. The number of hydrogen-bond acceptors (Lipinski definition) is 1. The van der Waals surface area contributed by atoms with Gasteiger partial charge >= 0.3 is 6.18 Å². The maximum absolute atomic E-state index is 12.8. The van der Waals surface area contributed by atoms with Gasteiger partial charge in [-0.2, -0.15) is 13.2 Å². The van der Waals surface area contributed by atoms with Gasteiger partial charge in [0, 0.05) is 23.6 Å². The van der Waals surface area contributed by atoms with Crippen LogP contribution in [0.1, 0.15) is 18.4 Å². The fraction of sp³-hybridized carbons (Fsp3) is 0.385. The molecule has 0 spiro atoms. The molecule has 0 bridgehead atoms. The molecule has 3 rings (SSSR count). The topological polar surface area (TPSA) is 27.8 Å². The Hall–Kier alpha value is -1.49. The van der Waals surface area contributed by atoms with Crippen LogP contribution in [-0.4, -0.2) is 16.7 Å². The van der Waals surface area contributed by atoms with E-state index in [0.29, 0.717) is 0 Å². The summed E-state index contributed by atoms with van der Waals surface area (Å²) >= 11 is 0. The molecule has 1 aliphatic rings. The monoisotopic (exact) mass is 254 g/mol. The van der Waals surface area contributed by atoms with Crippen molar-refractivity contribution in [1.29, 1.82) is 0 Å². The van der Waals surface area contributed by atoms with Gasteiger partial charge in [-0.05, 0) is 30.5 Å². The number of fused-ring (bicyclic) bond motifs is 1. The highest BCUT2D eigenvalue weighted by molar-refractivity contribution is 5.82. The number of aromatic amines is 1. The van der Waals surface area contributed by atoms with Crippen LogP contribution in [0.5, 0.6) is 0 Å². The van der Waals surface area contributed by atoms with Crippen molar-refractivity contribution in [3.8, 4) is 0 Å². The summed E-state index contributed by atoms with van der Waals surface area (Å²) in [5.41, 5.74) is 0.196. The zero-order valence-electron chi connectivity index (χ0n) is 9.64. The van der Waals surface area contributed by atoms with Crippen molar-refractivity contribution in [2.75, 3.05) is 0 Å². The molecule has 1 aromatic carbocycles. The fourth-order valence-electron chi connectivity index (χ4n) is 2.25. The van der Waals surface area contributed by atoms with E-state index in [1.54, 1.807) is 6.20 Å². The second kappa shape index (κ2) is 3.75. The molecule has 0 aliphatic heterocycles. The fourth-order valence-corrected chi connectivity index (χ4v) is 2.25. The molecule has 1 saturated carbocycles. The molecule has 0 amide bonds. The molecule has 2 N–H and O–H groups in total. The normalized spacial score (nSPS) is 18.2. The smallest absolute Gasteiger partial charge is 0.361 e. The lowest BCUT2D eigenvalue weighted by atomic mass is 10.1. The molecule has 2 aromatic rings. The van der Waals surface area contributed by atoms with E-state index in [9.17, 15) is 13.2 Å². The van der Waals surface area contributed by atoms with Crippen LogP contribution in [0.4, 0.5) is 13.2 Å². The average molecular weight is 254 g/mol. The van der Waals surface area contributed by atoms with E-state index in [2.05, 4.69) is 10.3 Å². The highest BCUT2D eigenvalue weighted by Gasteiger charge is 2.62. The third kappa shape index (κ3) is 1.79. The van der Waals surface area contributed by atoms with E-state index in [1.807, 2.05) is 24.3 Å². The van der Waals surface area contributed by atoms with Gasteiger partial charge in [0.25, 0.3) is 0 Å². The minimum atomic E-state index is -4.15. The van der Waals surface area contributed by atoms with Crippen LogP contribution in [-0.2, 0) is 6.54 Å². The van der Waals surface area contributed by atoms with Gasteiger partial charge < -0.3 is 4.98 Å². The number of hydrogen-bond donors (Lipinski definition) is 2. The first kappa shape index (κ1) is 11.6. The summed E-state index contributed by atoms with van der Waals surface area (Å²) in [6.07, 6.45) is -2.00. The summed E-state index contributed by atoms with van der Waals surface area (Å²) in [7, 11) is 0. The van der Waals surface area contributed by atoms with E-state index in [4.69, 9.17) is 0 Å². The van der Waals surface area contributed by atoms with Crippen molar-refractivity contribution in [2.45, 2.75) is 31.1 Å². The van der Waals surface area contributed by atoms with Gasteiger partial charge in [-0.1, -0.05) is 12.1 Å². The van der Waals surface area contributed by atoms with E-state index in [-0.39, 0.29) is 19.4 Å². The standard InChI is InChI=1S/C13H13F3N2/c14-13(15,16)12(5-6-12)18-8-9-2-1-3-11-10(9)4-7-17-11/h1-4,7,17-18H,5-6,8H2. The Balaban J connectivity index is 1.80. The van der Waals surface area contributed by atoms with Gasteiger partial charge in [-0.25, -0.2) is 0 Å². The maximum Gasteiger partial charge on any atom is 0.406 e. The molecule has 1 fully saturated rings. The van der Waals surface area contributed by atoms with Crippen molar-refractivity contribution in [1.82, 2.24) is 10.3 Å². The van der Waals surface area contributed by atoms with Gasteiger partial charge in [0.05, 0.1) is 0 Å². The van der Waals surface area contributed by atoms with Gasteiger partial charge in [0.2, 0.25) is 0 Å². The van der Waals surface area contributed by atoms with Crippen molar-refractivity contribution < 1.29 is 13.2 Å². The van der Waals surface area contributed by atoms with Crippen molar-refractivity contribution >= 4 is 10.9 Å². The predicted molar refractivity (Wildman–Crippen MR) is 63.2 cm³/mol. The Morgan fingerprint density at radius 3 is 2.67 bits per heavy atom. The SMILES string of the molecule is FC(F)(F)C1(NCc2cccc3[nH]ccc23)CC1. The van der Waals surface area contributed by atoms with Gasteiger partial charge in [-0.15, -0.1) is 0 Å². The van der Waals surface area contributed by atoms with Crippen molar-refractivity contribution in [3.63, 3.8) is 0 Å². The number of halogens is 3. The predicted octanol–water partition coefficient (Wildman–Crippen LogP) is 3.35. The van der Waals surface area contributed by atoms with Crippen LogP contribution in [0.3, 0.4) is 0 Å². The molecule has 18 heavy (non-hydrogen) atoms. The van der Waals surface area contributed by atoms with Gasteiger partial charge in [0.1, 0.15) is 5.54 Å². The average Bonchev–Trinajstić information content (AvgIpc) is 2.96. The third-order valence-corrected chi connectivity index (χ3v) is 3.60. The first-order valence-electron chi connectivity index (χ1n) is 5.89. The number of rotatable bonds is 3. The first-order chi connectivity index (χ1) is 8.52. The van der Waals surface area contributed by atoms with Crippen molar-refractivity contribution in [3.05, 3.63) is 36.0 Å². The van der Waals surface area contributed by atoms with Crippen molar-refractivity contribution in [2.24, 2.45) is 0 Å². The minimum absolute atomic E-state index is 0.180. The molecule has 0 unspecified atom stereocenters. The van der Waals surface area contributed by atoms with E-state index >= 15 is 0 Å². The van der Waals surface area contributed by atoms with Gasteiger partial charge in [0.15, 0.2) is 0 Å². The highest BCUT2D eigenvalue weighted by atomic mass is 19.4. The molecule has 0 saturated heterocycles. The Morgan fingerprint density at radius 1 is 1.22 bits per heavy atom. The van der Waals surface area contributed by atoms with Crippen LogP contribution >= 0.6 is 0 Å². The molecule has 1 aromatic heterocycles. The lowest BCUT2D eigenvalue weighted by Crippen LogP contribution is -2.44. The second-order valence-corrected chi connectivity index (χ2v) is 4.79. The largest absolute Gasteiger partial charge is 0.406 e. The van der Waals surface area contributed by atoms with Crippen LogP contribution in [0.25, 0.3) is 10.9 Å². The molecular formula is C13H13F3N2. The quantitative estimate of drug-likeness (QED) is 0.863. The summed E-state index contributed by atoms with van der Waals surface area (Å²) in [4.78, 5) is 3.05. The Labute approximate surface area is 102 Å². The van der Waals surface area contributed by atoms with Crippen LogP contribution in [0.2, 0.25) is 0 Å². The van der Waals surface area contributed by atoms with Crippen LogP contribution in [0.15, 0.2) is 30.5 Å². The molecular weight excluding hydrogens is 241 g/mol. The summed E-state index contributed by atoms with van der Waals surface area (Å²) in [5.74, 6) is 0. The molecule has 1 aliphatic carbocycles. The highest BCUT2D eigenvalue weighted by Crippen LogP contribution is 2.49. The molecule has 0 radical (unpaired) electrons. The lowest BCUT2D eigenvalue weighted by Gasteiger charge is -2.21. The maximum atomic E-state index is 12.8. The summed E-state index contributed by atoms with van der Waals surface area (Å²) in [6.45, 7) is 0.245. The van der Waals surface area contributed by atoms with Crippen LogP contribution in [0, 0.1) is 0 Å². The zero-order valence-corrected chi connectivity index (χ0v) is 9.64. The lowest BCUT2D eigenvalue weighted by molar-refractivity contribution is -0.166. The third-order valence-electron chi connectivity index (χ3n) is 3.60. The number of aromatic nitrogens is 1. The molecule has 96 valence electrons. The molecule has 1 heterocycles. The van der Waals surface area contributed by atoms with Crippen LogP contribution < -0.4 is 5.32 Å². The van der Waals surface area contributed by atoms with E-state index in [0.717, 1.165) is 16.5 Å². The number of H-pyrrole nitrogens is 1. The first-order valence-corrected chi connectivity index (χ1v) is 5.89. The van der Waals surface area contributed by atoms with E-state index < -0.39 is 11.7 Å². The molecule has 5 heteroatoms. The molecule has 2 nitrogen and oxygen atoms in total. The Kier molecular flexibility index (Phi) is 2.41. The summed E-state index contributed by atoms with van der Waals surface area (Å²) < 4.78 is 38.4. The number of benzene rings is 1. The summed E-state index contributed by atoms with van der Waals surface area (Å²) in [5, 5.41) is 3.64.